The highest BCUT2D eigenvalue weighted by atomic mass is 16.5. The number of hydrogen-bond acceptors (Lipinski definition) is 4. The minimum atomic E-state index is -0.00615. The van der Waals surface area contributed by atoms with Gasteiger partial charge >= 0.3 is 6.03 Å². The largest absolute Gasteiger partial charge is 0.376 e. The molecule has 2 amide bonds. The summed E-state index contributed by atoms with van der Waals surface area (Å²) in [5.74, 6) is 0. The molecule has 3 aliphatic heterocycles. The van der Waals surface area contributed by atoms with Crippen LogP contribution >= 0.6 is 0 Å². The van der Waals surface area contributed by atoms with E-state index in [0.717, 1.165) is 51.2 Å². The minimum absolute atomic E-state index is 0.00615. The Morgan fingerprint density at radius 1 is 1.25 bits per heavy atom. The minimum Gasteiger partial charge on any atom is -0.376 e. The molecule has 2 atom stereocenters. The lowest BCUT2D eigenvalue weighted by atomic mass is 10.2. The van der Waals surface area contributed by atoms with E-state index in [4.69, 9.17) is 4.74 Å². The first-order valence-electron chi connectivity index (χ1n) is 9.22. The molecule has 1 N–H and O–H groups in total. The third-order valence-electron chi connectivity index (χ3n) is 5.41. The fourth-order valence-electron chi connectivity index (χ4n) is 4.06. The number of carbonyl (C=O) groups excluding carboxylic acids is 1. The Morgan fingerprint density at radius 3 is 2.92 bits per heavy atom. The van der Waals surface area contributed by atoms with Gasteiger partial charge in [-0.1, -0.05) is 0 Å². The van der Waals surface area contributed by atoms with Crippen LogP contribution in [0.3, 0.4) is 0 Å². The van der Waals surface area contributed by atoms with Crippen LogP contribution < -0.4 is 5.32 Å². The highest BCUT2D eigenvalue weighted by Crippen LogP contribution is 2.21. The summed E-state index contributed by atoms with van der Waals surface area (Å²) in [4.78, 5) is 16.9. The lowest BCUT2D eigenvalue weighted by molar-refractivity contribution is 0.0940. The molecular formula is C17H27N5O2. The molecule has 1 aromatic heterocycles. The monoisotopic (exact) mass is 333 g/mol. The Hall–Kier alpha value is -1.60. The number of urea groups is 1. The van der Waals surface area contributed by atoms with Crippen LogP contribution in [0, 0.1) is 0 Å². The van der Waals surface area contributed by atoms with E-state index in [0.29, 0.717) is 6.04 Å². The maximum absolute atomic E-state index is 12.5. The van der Waals surface area contributed by atoms with Crippen molar-refractivity contribution in [1.29, 1.82) is 0 Å². The quantitative estimate of drug-likeness (QED) is 0.912. The summed E-state index contributed by atoms with van der Waals surface area (Å²) >= 11 is 0. The number of amides is 2. The second-order valence-corrected chi connectivity index (χ2v) is 7.15. The Kier molecular flexibility index (Phi) is 4.71. The molecule has 7 heteroatoms. The summed E-state index contributed by atoms with van der Waals surface area (Å²) in [7, 11) is 0. The molecule has 3 saturated heterocycles. The Labute approximate surface area is 142 Å². The Morgan fingerprint density at radius 2 is 2.12 bits per heavy atom. The van der Waals surface area contributed by atoms with Crippen LogP contribution in [0.4, 0.5) is 10.5 Å². The number of nitrogens with zero attached hydrogens (tertiary/aromatic N) is 4. The fourth-order valence-corrected chi connectivity index (χ4v) is 4.06. The van der Waals surface area contributed by atoms with Gasteiger partial charge in [0.1, 0.15) is 0 Å². The first kappa shape index (κ1) is 15.9. The second kappa shape index (κ2) is 7.11. The number of likely N-dealkylation sites (tertiary alicyclic amines) is 2. The number of nitrogens with one attached hydrogen (secondary N) is 1. The van der Waals surface area contributed by atoms with Crippen molar-refractivity contribution >= 4 is 11.7 Å². The molecule has 0 bridgehead atoms. The molecular weight excluding hydrogens is 306 g/mol. The van der Waals surface area contributed by atoms with E-state index in [1.807, 2.05) is 15.8 Å². The number of ether oxygens (including phenoxy) is 1. The molecule has 0 saturated carbocycles. The van der Waals surface area contributed by atoms with E-state index in [-0.39, 0.29) is 12.1 Å². The van der Waals surface area contributed by atoms with Crippen molar-refractivity contribution in [2.75, 3.05) is 38.1 Å². The summed E-state index contributed by atoms with van der Waals surface area (Å²) < 4.78 is 7.49. The van der Waals surface area contributed by atoms with Gasteiger partial charge in [-0.15, -0.1) is 0 Å². The molecule has 24 heavy (non-hydrogen) atoms. The molecule has 0 spiro atoms. The molecule has 1 aromatic rings. The standard InChI is InChI=1S/C17H27N5O2/c23-17(21-8-5-15(12-21)20-6-1-2-7-20)19-14-10-18-22(11-14)13-16-4-3-9-24-16/h10-11,15-16H,1-9,12-13H2,(H,19,23)/t15-,16+/m0/s1. The molecule has 3 fully saturated rings. The third kappa shape index (κ3) is 3.57. The molecule has 0 aromatic carbocycles. The zero-order valence-corrected chi connectivity index (χ0v) is 14.2. The highest BCUT2D eigenvalue weighted by Gasteiger charge is 2.31. The molecule has 7 nitrogen and oxygen atoms in total. The number of anilines is 1. The maximum atomic E-state index is 12.5. The van der Waals surface area contributed by atoms with Crippen LogP contribution in [0.5, 0.6) is 0 Å². The van der Waals surface area contributed by atoms with Gasteiger partial charge in [0, 0.05) is 31.9 Å². The summed E-state index contributed by atoms with van der Waals surface area (Å²) in [6.45, 7) is 5.68. The van der Waals surface area contributed by atoms with E-state index < -0.39 is 0 Å². The Balaban J connectivity index is 1.27. The maximum Gasteiger partial charge on any atom is 0.321 e. The van der Waals surface area contributed by atoms with Gasteiger partial charge in [0.25, 0.3) is 0 Å². The molecule has 0 aliphatic carbocycles. The molecule has 3 aliphatic rings. The van der Waals surface area contributed by atoms with Crippen molar-refractivity contribution < 1.29 is 9.53 Å². The van der Waals surface area contributed by atoms with Gasteiger partial charge in [-0.3, -0.25) is 9.58 Å². The van der Waals surface area contributed by atoms with Crippen LogP contribution in [-0.2, 0) is 11.3 Å². The van der Waals surface area contributed by atoms with Gasteiger partial charge in [0.05, 0.1) is 24.5 Å². The zero-order chi connectivity index (χ0) is 16.4. The topological polar surface area (TPSA) is 62.6 Å². The normalized spacial score (nSPS) is 27.9. The lowest BCUT2D eigenvalue weighted by Crippen LogP contribution is -2.38. The van der Waals surface area contributed by atoms with Crippen LogP contribution in [0.15, 0.2) is 12.4 Å². The number of carbonyl (C=O) groups is 1. The number of aromatic nitrogens is 2. The van der Waals surface area contributed by atoms with Gasteiger partial charge < -0.3 is 15.0 Å². The van der Waals surface area contributed by atoms with Crippen molar-refractivity contribution in [1.82, 2.24) is 19.6 Å². The van der Waals surface area contributed by atoms with E-state index in [2.05, 4.69) is 15.3 Å². The van der Waals surface area contributed by atoms with Gasteiger partial charge in [0.15, 0.2) is 0 Å². The van der Waals surface area contributed by atoms with Crippen molar-refractivity contribution in [3.05, 3.63) is 12.4 Å². The van der Waals surface area contributed by atoms with E-state index in [1.54, 1.807) is 6.20 Å². The van der Waals surface area contributed by atoms with E-state index in [1.165, 1.54) is 25.9 Å². The number of hydrogen-bond donors (Lipinski definition) is 1. The Bertz CT molecular complexity index is 563. The molecule has 132 valence electrons. The van der Waals surface area contributed by atoms with Gasteiger partial charge in [-0.2, -0.15) is 5.10 Å². The summed E-state index contributed by atoms with van der Waals surface area (Å²) in [5.41, 5.74) is 0.766. The predicted octanol–water partition coefficient (Wildman–Crippen LogP) is 1.76. The first-order valence-corrected chi connectivity index (χ1v) is 9.22. The summed E-state index contributed by atoms with van der Waals surface area (Å²) in [6, 6.07) is 0.536. The average Bonchev–Trinajstić information content (AvgIpc) is 3.36. The van der Waals surface area contributed by atoms with Crippen LogP contribution in [0.1, 0.15) is 32.1 Å². The van der Waals surface area contributed by atoms with Crippen molar-refractivity contribution in [2.45, 2.75) is 50.8 Å². The predicted molar refractivity (Wildman–Crippen MR) is 91.0 cm³/mol. The van der Waals surface area contributed by atoms with Gasteiger partial charge in [0.2, 0.25) is 0 Å². The highest BCUT2D eigenvalue weighted by molar-refractivity contribution is 5.89. The van der Waals surface area contributed by atoms with Gasteiger partial charge in [-0.05, 0) is 45.2 Å². The molecule has 4 heterocycles. The summed E-state index contributed by atoms with van der Waals surface area (Å²) in [6.07, 6.45) is 9.78. The number of rotatable bonds is 4. The molecule has 0 unspecified atom stereocenters. The van der Waals surface area contributed by atoms with Crippen molar-refractivity contribution in [3.8, 4) is 0 Å². The smallest absolute Gasteiger partial charge is 0.321 e. The average molecular weight is 333 g/mol. The van der Waals surface area contributed by atoms with Gasteiger partial charge in [-0.25, -0.2) is 4.79 Å². The third-order valence-corrected chi connectivity index (χ3v) is 5.41. The van der Waals surface area contributed by atoms with E-state index >= 15 is 0 Å². The lowest BCUT2D eigenvalue weighted by Gasteiger charge is -2.23. The van der Waals surface area contributed by atoms with Crippen molar-refractivity contribution in [3.63, 3.8) is 0 Å². The SMILES string of the molecule is O=C(Nc1cnn(C[C@H]2CCCO2)c1)N1CC[C@H](N2CCCC2)C1. The first-order chi connectivity index (χ1) is 11.8. The van der Waals surface area contributed by atoms with Crippen LogP contribution in [-0.4, -0.2) is 70.5 Å². The summed E-state index contributed by atoms with van der Waals surface area (Å²) in [5, 5.41) is 7.32. The van der Waals surface area contributed by atoms with Crippen molar-refractivity contribution in [2.24, 2.45) is 0 Å². The fraction of sp³-hybridized carbons (Fsp3) is 0.765. The van der Waals surface area contributed by atoms with Crippen LogP contribution in [0.25, 0.3) is 0 Å². The van der Waals surface area contributed by atoms with E-state index in [9.17, 15) is 4.79 Å². The van der Waals surface area contributed by atoms with Crippen LogP contribution in [0.2, 0.25) is 0 Å². The second-order valence-electron chi connectivity index (χ2n) is 7.15. The zero-order valence-electron chi connectivity index (χ0n) is 14.2. The molecule has 0 radical (unpaired) electrons. The molecule has 4 rings (SSSR count).